The second kappa shape index (κ2) is 7.21. The van der Waals surface area contributed by atoms with E-state index in [1.54, 1.807) is 22.7 Å². The number of amides is 1. The van der Waals surface area contributed by atoms with Crippen molar-refractivity contribution in [1.82, 2.24) is 15.2 Å². The fourth-order valence-corrected chi connectivity index (χ4v) is 4.02. The van der Waals surface area contributed by atoms with Crippen LogP contribution in [0.15, 0.2) is 23.7 Å². The number of thiophene rings is 1. The van der Waals surface area contributed by atoms with Crippen LogP contribution < -0.4 is 10.2 Å². The van der Waals surface area contributed by atoms with Crippen LogP contribution in [0.4, 0.5) is 5.13 Å². The van der Waals surface area contributed by atoms with Gasteiger partial charge in [0.15, 0.2) is 5.13 Å². The second-order valence-electron chi connectivity index (χ2n) is 5.37. The normalized spacial score (nSPS) is 16.0. The number of carbonyl (C=O) groups is 1. The highest BCUT2D eigenvalue weighted by molar-refractivity contribution is 7.13. The van der Waals surface area contributed by atoms with E-state index >= 15 is 0 Å². The molecule has 22 heavy (non-hydrogen) atoms. The topological polar surface area (TPSA) is 48.5 Å². The van der Waals surface area contributed by atoms with Crippen molar-refractivity contribution in [3.8, 4) is 0 Å². The predicted molar refractivity (Wildman–Crippen MR) is 91.7 cm³/mol. The molecular formula is C15H20N4OS2. The van der Waals surface area contributed by atoms with E-state index in [0.717, 1.165) is 31.3 Å². The molecule has 0 aromatic carbocycles. The van der Waals surface area contributed by atoms with Crippen LogP contribution >= 0.6 is 22.7 Å². The minimum atomic E-state index is 0.105. The van der Waals surface area contributed by atoms with Gasteiger partial charge in [0.2, 0.25) is 5.91 Å². The fourth-order valence-electron chi connectivity index (χ4n) is 2.49. The second-order valence-corrected chi connectivity index (χ2v) is 7.61. The Balaban J connectivity index is 1.39. The van der Waals surface area contributed by atoms with Crippen molar-refractivity contribution in [2.75, 3.05) is 37.6 Å². The minimum absolute atomic E-state index is 0.105. The van der Waals surface area contributed by atoms with Crippen molar-refractivity contribution < 1.29 is 4.79 Å². The Bertz CT molecular complexity index is 603. The Morgan fingerprint density at radius 2 is 2.14 bits per heavy atom. The van der Waals surface area contributed by atoms with Gasteiger partial charge in [0.1, 0.15) is 0 Å². The predicted octanol–water partition coefficient (Wildman–Crippen LogP) is 1.95. The Hall–Kier alpha value is -1.44. The lowest BCUT2D eigenvalue weighted by Crippen LogP contribution is -2.49. The van der Waals surface area contributed by atoms with E-state index in [1.165, 1.54) is 9.75 Å². The number of piperazine rings is 1. The number of anilines is 1. The van der Waals surface area contributed by atoms with Gasteiger partial charge in [0.05, 0.1) is 13.1 Å². The van der Waals surface area contributed by atoms with Gasteiger partial charge in [-0.1, -0.05) is 0 Å². The van der Waals surface area contributed by atoms with Gasteiger partial charge in [0.25, 0.3) is 0 Å². The minimum Gasteiger partial charge on any atom is -0.350 e. The largest absolute Gasteiger partial charge is 0.350 e. The third-order valence-electron chi connectivity index (χ3n) is 3.69. The molecule has 0 aliphatic carbocycles. The van der Waals surface area contributed by atoms with Gasteiger partial charge in [-0.2, -0.15) is 0 Å². The maximum atomic E-state index is 12.0. The first-order valence-corrected chi connectivity index (χ1v) is 9.09. The Labute approximate surface area is 138 Å². The molecule has 118 valence electrons. The van der Waals surface area contributed by atoms with Crippen LogP contribution in [0.5, 0.6) is 0 Å². The number of hydrogen-bond donors (Lipinski definition) is 1. The molecule has 2 aromatic rings. The quantitative estimate of drug-likeness (QED) is 0.907. The van der Waals surface area contributed by atoms with Crippen molar-refractivity contribution >= 4 is 33.7 Å². The highest BCUT2D eigenvalue weighted by Gasteiger charge is 2.20. The summed E-state index contributed by atoms with van der Waals surface area (Å²) in [6, 6.07) is 4.16. The molecule has 0 saturated carbocycles. The zero-order chi connectivity index (χ0) is 15.4. The lowest BCUT2D eigenvalue weighted by Gasteiger charge is -2.34. The number of thiazole rings is 1. The number of rotatable bonds is 5. The smallest absolute Gasteiger partial charge is 0.234 e. The molecule has 0 unspecified atom stereocenters. The zero-order valence-corrected chi connectivity index (χ0v) is 14.3. The molecule has 1 aliphatic rings. The Morgan fingerprint density at radius 3 is 2.77 bits per heavy atom. The molecule has 1 amide bonds. The Morgan fingerprint density at radius 1 is 1.32 bits per heavy atom. The van der Waals surface area contributed by atoms with Crippen molar-refractivity contribution in [1.29, 1.82) is 0 Å². The third kappa shape index (κ3) is 4.06. The number of nitrogens with one attached hydrogen (secondary N) is 1. The molecule has 0 bridgehead atoms. The molecule has 3 rings (SSSR count). The van der Waals surface area contributed by atoms with Crippen molar-refractivity contribution in [2.24, 2.45) is 0 Å². The van der Waals surface area contributed by atoms with E-state index < -0.39 is 0 Å². The average molecular weight is 336 g/mol. The molecule has 1 aliphatic heterocycles. The molecule has 0 atom stereocenters. The van der Waals surface area contributed by atoms with Crippen molar-refractivity contribution in [3.63, 3.8) is 0 Å². The summed E-state index contributed by atoms with van der Waals surface area (Å²) >= 11 is 3.40. The molecule has 0 spiro atoms. The van der Waals surface area contributed by atoms with Gasteiger partial charge in [-0.15, -0.1) is 22.7 Å². The molecular weight excluding hydrogens is 316 g/mol. The van der Waals surface area contributed by atoms with Crippen LogP contribution in [-0.2, 0) is 11.3 Å². The summed E-state index contributed by atoms with van der Waals surface area (Å²) in [7, 11) is 0. The molecule has 1 fully saturated rings. The number of aryl methyl sites for hydroxylation is 1. The fraction of sp³-hybridized carbons (Fsp3) is 0.467. The zero-order valence-electron chi connectivity index (χ0n) is 12.6. The van der Waals surface area contributed by atoms with Crippen LogP contribution in [0.25, 0.3) is 0 Å². The van der Waals surface area contributed by atoms with Crippen LogP contribution in [0.3, 0.4) is 0 Å². The summed E-state index contributed by atoms with van der Waals surface area (Å²) < 4.78 is 0. The summed E-state index contributed by atoms with van der Waals surface area (Å²) in [5.74, 6) is 0.105. The maximum Gasteiger partial charge on any atom is 0.234 e. The summed E-state index contributed by atoms with van der Waals surface area (Å²) in [6.07, 6.45) is 1.84. The number of aromatic nitrogens is 1. The Kier molecular flexibility index (Phi) is 5.07. The molecule has 1 N–H and O–H groups in total. The van der Waals surface area contributed by atoms with Crippen LogP contribution in [0.1, 0.15) is 9.75 Å². The van der Waals surface area contributed by atoms with Gasteiger partial charge >= 0.3 is 0 Å². The van der Waals surface area contributed by atoms with Crippen LogP contribution in [0.2, 0.25) is 0 Å². The van der Waals surface area contributed by atoms with Crippen LogP contribution in [0, 0.1) is 6.92 Å². The lowest BCUT2D eigenvalue weighted by molar-refractivity contribution is -0.122. The van der Waals surface area contributed by atoms with Gasteiger partial charge in [-0.25, -0.2) is 4.98 Å². The highest BCUT2D eigenvalue weighted by atomic mass is 32.1. The molecule has 0 radical (unpaired) electrons. The molecule has 2 aromatic heterocycles. The van der Waals surface area contributed by atoms with Gasteiger partial charge in [-0.05, 0) is 19.1 Å². The number of nitrogens with zero attached hydrogens (tertiary/aromatic N) is 3. The average Bonchev–Trinajstić information content (AvgIpc) is 3.17. The van der Waals surface area contributed by atoms with Gasteiger partial charge in [-0.3, -0.25) is 9.69 Å². The van der Waals surface area contributed by atoms with E-state index in [-0.39, 0.29) is 5.91 Å². The number of hydrogen-bond acceptors (Lipinski definition) is 6. The third-order valence-corrected chi connectivity index (χ3v) is 5.52. The monoisotopic (exact) mass is 336 g/mol. The first kappa shape index (κ1) is 15.5. The molecule has 3 heterocycles. The first-order chi connectivity index (χ1) is 10.7. The maximum absolute atomic E-state index is 12.0. The van der Waals surface area contributed by atoms with E-state index in [0.29, 0.717) is 13.1 Å². The van der Waals surface area contributed by atoms with Gasteiger partial charge < -0.3 is 10.2 Å². The van der Waals surface area contributed by atoms with Crippen molar-refractivity contribution in [3.05, 3.63) is 33.5 Å². The summed E-state index contributed by atoms with van der Waals surface area (Å²) in [5, 5.41) is 6.09. The van der Waals surface area contributed by atoms with E-state index in [2.05, 4.69) is 39.2 Å². The number of carbonyl (C=O) groups excluding carboxylic acids is 1. The first-order valence-electron chi connectivity index (χ1n) is 7.39. The summed E-state index contributed by atoms with van der Waals surface area (Å²) in [4.78, 5) is 23.3. The summed E-state index contributed by atoms with van der Waals surface area (Å²) in [5.41, 5.74) is 0. The molecule has 1 saturated heterocycles. The molecule has 5 nitrogen and oxygen atoms in total. The SMILES string of the molecule is Cc1ccc(CNC(=O)CN2CCN(c3nccs3)CC2)s1. The molecule has 7 heteroatoms. The van der Waals surface area contributed by atoms with E-state index in [9.17, 15) is 4.79 Å². The van der Waals surface area contributed by atoms with E-state index in [4.69, 9.17) is 0 Å². The lowest BCUT2D eigenvalue weighted by atomic mass is 10.3. The van der Waals surface area contributed by atoms with Gasteiger partial charge in [0, 0.05) is 47.5 Å². The van der Waals surface area contributed by atoms with Crippen molar-refractivity contribution in [2.45, 2.75) is 13.5 Å². The van der Waals surface area contributed by atoms with Crippen LogP contribution in [-0.4, -0.2) is 48.5 Å². The van der Waals surface area contributed by atoms with E-state index in [1.807, 2.05) is 11.6 Å². The standard InChI is InChI=1S/C15H20N4OS2/c1-12-2-3-13(22-12)10-17-14(20)11-18-5-7-19(8-6-18)15-16-4-9-21-15/h2-4,9H,5-8,10-11H2,1H3,(H,17,20). The summed E-state index contributed by atoms with van der Waals surface area (Å²) in [6.45, 7) is 6.89. The highest BCUT2D eigenvalue weighted by Crippen LogP contribution is 2.18.